The van der Waals surface area contributed by atoms with E-state index in [0.29, 0.717) is 17.6 Å². The van der Waals surface area contributed by atoms with E-state index < -0.39 is 0 Å². The molecule has 0 saturated heterocycles. The van der Waals surface area contributed by atoms with Gasteiger partial charge in [0.05, 0.1) is 6.26 Å². The summed E-state index contributed by atoms with van der Waals surface area (Å²) < 4.78 is 10.3. The van der Waals surface area contributed by atoms with Gasteiger partial charge in [-0.05, 0) is 25.0 Å². The Morgan fingerprint density at radius 3 is 3.00 bits per heavy atom. The zero-order valence-electron chi connectivity index (χ0n) is 8.78. The van der Waals surface area contributed by atoms with Crippen molar-refractivity contribution in [2.45, 2.75) is 20.3 Å². The van der Waals surface area contributed by atoms with Crippen molar-refractivity contribution < 1.29 is 8.94 Å². The summed E-state index contributed by atoms with van der Waals surface area (Å²) in [7, 11) is 0. The van der Waals surface area contributed by atoms with Gasteiger partial charge in [0.2, 0.25) is 5.82 Å². The van der Waals surface area contributed by atoms with Crippen molar-refractivity contribution in [2.24, 2.45) is 0 Å². The van der Waals surface area contributed by atoms with E-state index in [2.05, 4.69) is 22.4 Å². The van der Waals surface area contributed by atoms with Crippen molar-refractivity contribution in [2.75, 3.05) is 11.9 Å². The molecule has 80 valence electrons. The standard InChI is InChI=1S/C10H13N3O2/c1-3-5-11-10-12-9(13-15-10)8-7(2)4-6-14-8/h4,6H,3,5H2,1-2H3,(H,11,12,13). The predicted molar refractivity (Wildman–Crippen MR) is 55.5 cm³/mol. The number of aromatic nitrogens is 2. The lowest BCUT2D eigenvalue weighted by atomic mass is 10.3. The minimum absolute atomic E-state index is 0.433. The van der Waals surface area contributed by atoms with E-state index in [9.17, 15) is 0 Å². The van der Waals surface area contributed by atoms with Gasteiger partial charge in [-0.1, -0.05) is 12.1 Å². The van der Waals surface area contributed by atoms with Gasteiger partial charge in [0, 0.05) is 6.54 Å². The Hall–Kier alpha value is -1.78. The second-order valence-electron chi connectivity index (χ2n) is 3.28. The molecule has 1 N–H and O–H groups in total. The molecule has 0 saturated carbocycles. The van der Waals surface area contributed by atoms with E-state index in [4.69, 9.17) is 8.94 Å². The third-order valence-electron chi connectivity index (χ3n) is 2.02. The molecule has 0 unspecified atom stereocenters. The first kappa shape index (κ1) is 9.76. The maximum atomic E-state index is 5.26. The van der Waals surface area contributed by atoms with Crippen LogP contribution in [0.3, 0.4) is 0 Å². The topological polar surface area (TPSA) is 64.1 Å². The van der Waals surface area contributed by atoms with Gasteiger partial charge in [-0.15, -0.1) is 0 Å². The number of furan rings is 1. The van der Waals surface area contributed by atoms with Crippen LogP contribution in [-0.2, 0) is 0 Å². The molecule has 0 aliphatic heterocycles. The Morgan fingerprint density at radius 2 is 2.33 bits per heavy atom. The lowest BCUT2D eigenvalue weighted by Crippen LogP contribution is -1.99. The Morgan fingerprint density at radius 1 is 1.47 bits per heavy atom. The molecule has 2 aromatic rings. The second kappa shape index (κ2) is 4.16. The van der Waals surface area contributed by atoms with Crippen LogP contribution in [0.4, 0.5) is 6.01 Å². The molecule has 0 bridgehead atoms. The summed E-state index contributed by atoms with van der Waals surface area (Å²) in [5.41, 5.74) is 0.998. The van der Waals surface area contributed by atoms with Gasteiger partial charge < -0.3 is 14.3 Å². The third kappa shape index (κ3) is 2.01. The highest BCUT2D eigenvalue weighted by molar-refractivity contribution is 5.52. The molecule has 0 spiro atoms. The van der Waals surface area contributed by atoms with Crippen molar-refractivity contribution in [1.82, 2.24) is 10.1 Å². The molecule has 0 aromatic carbocycles. The lowest BCUT2D eigenvalue weighted by Gasteiger charge is -1.93. The molecular formula is C10H13N3O2. The van der Waals surface area contributed by atoms with Gasteiger partial charge >= 0.3 is 6.01 Å². The first-order valence-electron chi connectivity index (χ1n) is 4.93. The summed E-state index contributed by atoms with van der Waals surface area (Å²) in [4.78, 5) is 4.17. The summed E-state index contributed by atoms with van der Waals surface area (Å²) in [6, 6.07) is 2.30. The van der Waals surface area contributed by atoms with Crippen molar-refractivity contribution in [1.29, 1.82) is 0 Å². The second-order valence-corrected chi connectivity index (χ2v) is 3.28. The number of hydrogen-bond donors (Lipinski definition) is 1. The van der Waals surface area contributed by atoms with Crippen LogP contribution in [0.1, 0.15) is 18.9 Å². The Kier molecular flexibility index (Phi) is 2.71. The smallest absolute Gasteiger partial charge is 0.321 e. The Labute approximate surface area is 87.5 Å². The molecule has 2 heterocycles. The highest BCUT2D eigenvalue weighted by Gasteiger charge is 2.12. The molecule has 0 aliphatic rings. The molecule has 0 atom stereocenters. The summed E-state index contributed by atoms with van der Waals surface area (Å²) in [5, 5.41) is 6.84. The van der Waals surface area contributed by atoms with E-state index in [1.807, 2.05) is 13.0 Å². The number of aryl methyl sites for hydroxylation is 1. The van der Waals surface area contributed by atoms with Crippen molar-refractivity contribution >= 4 is 6.01 Å². The van der Waals surface area contributed by atoms with Gasteiger partial charge in [-0.25, -0.2) is 0 Å². The minimum Gasteiger partial charge on any atom is -0.461 e. The summed E-state index contributed by atoms with van der Waals surface area (Å²) >= 11 is 0. The minimum atomic E-state index is 0.433. The van der Waals surface area contributed by atoms with E-state index in [0.717, 1.165) is 18.5 Å². The van der Waals surface area contributed by atoms with Crippen LogP contribution in [0.25, 0.3) is 11.6 Å². The molecule has 2 aromatic heterocycles. The molecular weight excluding hydrogens is 194 g/mol. The fourth-order valence-electron chi connectivity index (χ4n) is 1.22. The highest BCUT2D eigenvalue weighted by atomic mass is 16.5. The number of anilines is 1. The average molecular weight is 207 g/mol. The van der Waals surface area contributed by atoms with E-state index in [-0.39, 0.29) is 0 Å². The molecule has 0 aliphatic carbocycles. The lowest BCUT2D eigenvalue weighted by molar-refractivity contribution is 0.429. The van der Waals surface area contributed by atoms with Gasteiger partial charge in [0.1, 0.15) is 0 Å². The predicted octanol–water partition coefficient (Wildman–Crippen LogP) is 2.46. The molecule has 0 amide bonds. The maximum absolute atomic E-state index is 5.26. The summed E-state index contributed by atoms with van der Waals surface area (Å²) in [6.07, 6.45) is 2.62. The highest BCUT2D eigenvalue weighted by Crippen LogP contribution is 2.22. The molecule has 2 rings (SSSR count). The average Bonchev–Trinajstić information content (AvgIpc) is 2.83. The fourth-order valence-corrected chi connectivity index (χ4v) is 1.22. The quantitative estimate of drug-likeness (QED) is 0.834. The van der Waals surface area contributed by atoms with Gasteiger partial charge in [-0.3, -0.25) is 0 Å². The molecule has 0 radical (unpaired) electrons. The zero-order valence-corrected chi connectivity index (χ0v) is 8.78. The molecule has 15 heavy (non-hydrogen) atoms. The Bertz CT molecular complexity index is 433. The van der Waals surface area contributed by atoms with Crippen LogP contribution in [0.15, 0.2) is 21.3 Å². The van der Waals surface area contributed by atoms with Crippen molar-refractivity contribution in [3.63, 3.8) is 0 Å². The van der Waals surface area contributed by atoms with Crippen LogP contribution in [0, 0.1) is 6.92 Å². The molecule has 5 nitrogen and oxygen atoms in total. The van der Waals surface area contributed by atoms with E-state index in [1.165, 1.54) is 0 Å². The van der Waals surface area contributed by atoms with Crippen LogP contribution in [0.5, 0.6) is 0 Å². The van der Waals surface area contributed by atoms with Crippen LogP contribution in [-0.4, -0.2) is 16.7 Å². The number of rotatable bonds is 4. The van der Waals surface area contributed by atoms with Gasteiger partial charge in [0.25, 0.3) is 0 Å². The summed E-state index contributed by atoms with van der Waals surface area (Å²) in [5.74, 6) is 1.14. The first-order valence-corrected chi connectivity index (χ1v) is 4.93. The van der Waals surface area contributed by atoms with E-state index >= 15 is 0 Å². The normalized spacial score (nSPS) is 10.5. The largest absolute Gasteiger partial charge is 0.461 e. The van der Waals surface area contributed by atoms with Gasteiger partial charge in [0.15, 0.2) is 5.76 Å². The maximum Gasteiger partial charge on any atom is 0.321 e. The van der Waals surface area contributed by atoms with Crippen LogP contribution in [0.2, 0.25) is 0 Å². The van der Waals surface area contributed by atoms with Crippen molar-refractivity contribution in [3.8, 4) is 11.6 Å². The number of nitrogens with zero attached hydrogens (tertiary/aromatic N) is 2. The monoisotopic (exact) mass is 207 g/mol. The zero-order chi connectivity index (χ0) is 10.7. The number of nitrogens with one attached hydrogen (secondary N) is 1. The third-order valence-corrected chi connectivity index (χ3v) is 2.02. The van der Waals surface area contributed by atoms with E-state index in [1.54, 1.807) is 6.26 Å². The summed E-state index contributed by atoms with van der Waals surface area (Å²) in [6.45, 7) is 4.83. The van der Waals surface area contributed by atoms with Crippen LogP contribution < -0.4 is 5.32 Å². The fraction of sp³-hybridized carbons (Fsp3) is 0.400. The number of hydrogen-bond acceptors (Lipinski definition) is 5. The SMILES string of the molecule is CCCNc1nc(-c2occc2C)no1. The van der Waals surface area contributed by atoms with Crippen molar-refractivity contribution in [3.05, 3.63) is 17.9 Å². The molecule has 5 heteroatoms. The van der Waals surface area contributed by atoms with Crippen LogP contribution >= 0.6 is 0 Å². The Balaban J connectivity index is 2.17. The molecule has 0 fully saturated rings. The van der Waals surface area contributed by atoms with Gasteiger partial charge in [-0.2, -0.15) is 4.98 Å². The first-order chi connectivity index (χ1) is 7.31.